The first-order valence-electron chi connectivity index (χ1n) is 12.9. The second-order valence-corrected chi connectivity index (χ2v) is 9.81. The Morgan fingerprint density at radius 2 is 1.62 bits per heavy atom. The lowest BCUT2D eigenvalue weighted by Gasteiger charge is -2.24. The minimum atomic E-state index is -4.58. The molecule has 14 heteroatoms. The third kappa shape index (κ3) is 5.56. The van der Waals surface area contributed by atoms with Crippen molar-refractivity contribution >= 4 is 29.2 Å². The van der Waals surface area contributed by atoms with Gasteiger partial charge in [-0.15, -0.1) is 0 Å². The summed E-state index contributed by atoms with van der Waals surface area (Å²) in [5.41, 5.74) is -0.375. The SMILES string of the molecule is CNc1nc(Nc2nc(N3CCCC3C)nc3c2CCN(c2ncccc2C(F)(F)F)CC3)ccc1C(F)(F)F. The minimum Gasteiger partial charge on any atom is -0.373 e. The highest BCUT2D eigenvalue weighted by Gasteiger charge is 2.37. The van der Waals surface area contributed by atoms with Gasteiger partial charge in [0.25, 0.3) is 0 Å². The topological polar surface area (TPSA) is 82.1 Å². The van der Waals surface area contributed by atoms with E-state index >= 15 is 0 Å². The van der Waals surface area contributed by atoms with E-state index in [1.165, 1.54) is 25.4 Å². The van der Waals surface area contributed by atoms with Gasteiger partial charge in [0.05, 0.1) is 16.8 Å². The van der Waals surface area contributed by atoms with Gasteiger partial charge in [-0.1, -0.05) is 0 Å². The maximum atomic E-state index is 13.7. The fourth-order valence-electron chi connectivity index (χ4n) is 5.20. The van der Waals surface area contributed by atoms with Gasteiger partial charge in [0.2, 0.25) is 5.95 Å². The Hall–Kier alpha value is -3.84. The summed E-state index contributed by atoms with van der Waals surface area (Å²) in [7, 11) is 1.35. The summed E-state index contributed by atoms with van der Waals surface area (Å²) < 4.78 is 81.3. The summed E-state index contributed by atoms with van der Waals surface area (Å²) in [6.45, 7) is 3.28. The molecule has 0 spiro atoms. The van der Waals surface area contributed by atoms with E-state index < -0.39 is 23.5 Å². The molecular weight excluding hydrogens is 538 g/mol. The molecule has 2 aliphatic rings. The van der Waals surface area contributed by atoms with Crippen LogP contribution in [0, 0.1) is 0 Å². The number of hydrogen-bond donors (Lipinski definition) is 2. The Morgan fingerprint density at radius 1 is 0.875 bits per heavy atom. The molecular formula is C26H28F6N8. The van der Waals surface area contributed by atoms with Crippen LogP contribution in [-0.4, -0.2) is 52.7 Å². The maximum absolute atomic E-state index is 13.7. The lowest BCUT2D eigenvalue weighted by molar-refractivity contribution is -0.138. The molecule has 1 unspecified atom stereocenters. The van der Waals surface area contributed by atoms with Crippen molar-refractivity contribution in [1.82, 2.24) is 19.9 Å². The van der Waals surface area contributed by atoms with Crippen LogP contribution < -0.4 is 20.4 Å². The van der Waals surface area contributed by atoms with Crippen LogP contribution in [0.4, 0.5) is 55.6 Å². The van der Waals surface area contributed by atoms with Crippen LogP contribution in [0.15, 0.2) is 30.5 Å². The van der Waals surface area contributed by atoms with E-state index in [9.17, 15) is 26.3 Å². The third-order valence-corrected chi connectivity index (χ3v) is 7.22. The highest BCUT2D eigenvalue weighted by molar-refractivity contribution is 5.63. The van der Waals surface area contributed by atoms with Crippen LogP contribution in [-0.2, 0) is 25.2 Å². The zero-order chi connectivity index (χ0) is 28.7. The first-order chi connectivity index (χ1) is 19.0. The van der Waals surface area contributed by atoms with Crippen molar-refractivity contribution in [3.8, 4) is 0 Å². The average Bonchev–Trinajstić information content (AvgIpc) is 3.21. The molecule has 2 N–H and O–H groups in total. The van der Waals surface area contributed by atoms with Gasteiger partial charge in [-0.2, -0.15) is 31.3 Å². The number of aromatic nitrogens is 4. The number of halogens is 6. The Bertz CT molecular complexity index is 1380. The van der Waals surface area contributed by atoms with E-state index in [1.807, 2.05) is 0 Å². The number of anilines is 5. The van der Waals surface area contributed by atoms with E-state index in [-0.39, 0.29) is 36.6 Å². The monoisotopic (exact) mass is 566 g/mol. The molecule has 0 saturated carbocycles. The van der Waals surface area contributed by atoms with Crippen molar-refractivity contribution in [1.29, 1.82) is 0 Å². The normalized spacial score (nSPS) is 17.9. The van der Waals surface area contributed by atoms with Crippen molar-refractivity contribution in [2.24, 2.45) is 0 Å². The number of pyridine rings is 2. The number of hydrogen-bond acceptors (Lipinski definition) is 8. The van der Waals surface area contributed by atoms with Gasteiger partial charge < -0.3 is 20.4 Å². The molecule has 3 aromatic rings. The van der Waals surface area contributed by atoms with E-state index in [0.29, 0.717) is 35.9 Å². The summed E-state index contributed by atoms with van der Waals surface area (Å²) in [5.74, 6) is 0.485. The molecule has 40 heavy (non-hydrogen) atoms. The Labute approximate surface area is 226 Å². The van der Waals surface area contributed by atoms with Crippen LogP contribution in [0.3, 0.4) is 0 Å². The molecule has 8 nitrogen and oxygen atoms in total. The molecule has 1 atom stereocenters. The fourth-order valence-corrected chi connectivity index (χ4v) is 5.20. The van der Waals surface area contributed by atoms with Gasteiger partial charge in [-0.25, -0.2) is 15.0 Å². The van der Waals surface area contributed by atoms with Crippen molar-refractivity contribution in [2.45, 2.75) is 51.0 Å². The van der Waals surface area contributed by atoms with Gasteiger partial charge in [0.1, 0.15) is 23.3 Å². The van der Waals surface area contributed by atoms with Crippen molar-refractivity contribution in [3.63, 3.8) is 0 Å². The zero-order valence-corrected chi connectivity index (χ0v) is 21.9. The van der Waals surface area contributed by atoms with E-state index in [2.05, 4.69) is 32.4 Å². The molecule has 5 rings (SSSR count). The van der Waals surface area contributed by atoms with Gasteiger partial charge in [-0.3, -0.25) is 0 Å². The summed E-state index contributed by atoms with van der Waals surface area (Å²) in [6.07, 6.45) is -5.27. The Kier molecular flexibility index (Phi) is 7.36. The predicted molar refractivity (Wildman–Crippen MR) is 139 cm³/mol. The smallest absolute Gasteiger partial charge is 0.373 e. The molecule has 1 fully saturated rings. The highest BCUT2D eigenvalue weighted by Crippen LogP contribution is 2.38. The largest absolute Gasteiger partial charge is 0.419 e. The standard InChI is InChI=1S/C26H28F6N8/c1-15-5-4-12-40(15)24-35-19-10-14-39(23-18(26(30,31)32)6-3-11-34-23)13-9-16(19)21(38-24)36-20-8-7-17(25(27,28)29)22(33-2)37-20/h3,6-8,11,15H,4-5,9-10,12-14H2,1-2H3,(H2,33,35,36,37,38). The number of nitrogens with zero attached hydrogens (tertiary/aromatic N) is 6. The summed E-state index contributed by atoms with van der Waals surface area (Å²) >= 11 is 0. The van der Waals surface area contributed by atoms with Gasteiger partial charge in [0.15, 0.2) is 0 Å². The average molecular weight is 567 g/mol. The minimum absolute atomic E-state index is 0.142. The molecule has 0 bridgehead atoms. The van der Waals surface area contributed by atoms with Gasteiger partial charge in [0, 0.05) is 50.9 Å². The maximum Gasteiger partial charge on any atom is 0.419 e. The molecule has 1 saturated heterocycles. The third-order valence-electron chi connectivity index (χ3n) is 7.22. The van der Waals surface area contributed by atoms with E-state index in [0.717, 1.165) is 31.5 Å². The number of rotatable bonds is 5. The van der Waals surface area contributed by atoms with Crippen LogP contribution in [0.2, 0.25) is 0 Å². The van der Waals surface area contributed by atoms with E-state index in [1.54, 1.807) is 4.90 Å². The molecule has 2 aliphatic heterocycles. The van der Waals surface area contributed by atoms with Crippen LogP contribution >= 0.6 is 0 Å². The Morgan fingerprint density at radius 3 is 2.30 bits per heavy atom. The fraction of sp³-hybridized carbons (Fsp3) is 0.462. The lowest BCUT2D eigenvalue weighted by Crippen LogP contribution is -2.29. The van der Waals surface area contributed by atoms with Crippen LogP contribution in [0.25, 0.3) is 0 Å². The first-order valence-corrected chi connectivity index (χ1v) is 12.9. The second-order valence-electron chi connectivity index (χ2n) is 9.81. The van der Waals surface area contributed by atoms with Gasteiger partial charge in [-0.05, 0) is 50.5 Å². The van der Waals surface area contributed by atoms with Crippen molar-refractivity contribution in [2.75, 3.05) is 47.1 Å². The highest BCUT2D eigenvalue weighted by atomic mass is 19.4. The summed E-state index contributed by atoms with van der Waals surface area (Å²) in [4.78, 5) is 21.3. The molecule has 3 aromatic heterocycles. The van der Waals surface area contributed by atoms with Crippen molar-refractivity contribution < 1.29 is 26.3 Å². The van der Waals surface area contributed by atoms with Crippen molar-refractivity contribution in [3.05, 3.63) is 52.8 Å². The molecule has 0 aliphatic carbocycles. The van der Waals surface area contributed by atoms with Crippen LogP contribution in [0.5, 0.6) is 0 Å². The van der Waals surface area contributed by atoms with Crippen LogP contribution in [0.1, 0.15) is 42.1 Å². The Balaban J connectivity index is 1.52. The molecule has 0 radical (unpaired) electrons. The first kappa shape index (κ1) is 27.7. The molecule has 0 aromatic carbocycles. The van der Waals surface area contributed by atoms with E-state index in [4.69, 9.17) is 9.97 Å². The lowest BCUT2D eigenvalue weighted by atomic mass is 10.1. The predicted octanol–water partition coefficient (Wildman–Crippen LogP) is 5.68. The summed E-state index contributed by atoms with van der Waals surface area (Å²) in [5, 5.41) is 5.56. The molecule has 5 heterocycles. The summed E-state index contributed by atoms with van der Waals surface area (Å²) in [6, 6.07) is 4.62. The quantitative estimate of drug-likeness (QED) is 0.382. The molecule has 214 valence electrons. The van der Waals surface area contributed by atoms with Gasteiger partial charge >= 0.3 is 12.4 Å². The number of alkyl halides is 6. The number of nitrogens with one attached hydrogen (secondary N) is 2. The number of fused-ring (bicyclic) bond motifs is 1. The molecule has 0 amide bonds. The zero-order valence-electron chi connectivity index (χ0n) is 21.9. The second kappa shape index (κ2) is 10.6.